The number of allylic oxidation sites excluding steroid dienone is 2. The summed E-state index contributed by atoms with van der Waals surface area (Å²) < 4.78 is 0. The normalized spacial score (nSPS) is 22.0. The maximum absolute atomic E-state index is 14.7. The molecule has 0 aromatic heterocycles. The molecule has 2 rings (SSSR count). The molecule has 6 N–H and O–H groups in total. The summed E-state index contributed by atoms with van der Waals surface area (Å²) in [5.74, 6) is -7.23. The average molecular weight is 1310 g/mol. The van der Waals surface area contributed by atoms with Crippen molar-refractivity contribution in [1.29, 1.82) is 0 Å². The Morgan fingerprint density at radius 3 is 1.38 bits per heavy atom. The van der Waals surface area contributed by atoms with E-state index in [-0.39, 0.29) is 49.4 Å². The predicted octanol–water partition coefficient (Wildman–Crippen LogP) is 6.54. The van der Waals surface area contributed by atoms with Crippen molar-refractivity contribution in [2.24, 2.45) is 35.5 Å². The molecule has 1 aliphatic heterocycles. The number of amides is 11. The van der Waals surface area contributed by atoms with Gasteiger partial charge in [0.05, 0.1) is 26.2 Å². The summed E-state index contributed by atoms with van der Waals surface area (Å²) in [4.78, 5) is 163. The van der Waals surface area contributed by atoms with Gasteiger partial charge in [0.15, 0.2) is 0 Å². The van der Waals surface area contributed by atoms with Crippen LogP contribution < -0.4 is 27.0 Å². The number of anilines is 1. The molecule has 11 amide bonds. The first kappa shape index (κ1) is 89.7. The van der Waals surface area contributed by atoms with E-state index in [9.17, 15) is 52.7 Å². The van der Waals surface area contributed by atoms with Crippen molar-refractivity contribution in [3.8, 4) is 12.8 Å². The maximum atomic E-state index is 14.7. The lowest BCUT2D eigenvalue weighted by Crippen LogP contribution is -2.59. The van der Waals surface area contributed by atoms with Crippen LogP contribution in [0.5, 0.6) is 0 Å². The van der Waals surface area contributed by atoms with Gasteiger partial charge in [0.25, 0.3) is 0 Å². The number of carbonyl (C=O) groups is 11. The molecule has 1 aliphatic rings. The van der Waals surface area contributed by atoms with E-state index in [2.05, 4.69) is 68.7 Å². The minimum Gasteiger partial charge on any atom is -0.399 e. The molecule has 2 unspecified atom stereocenters. The van der Waals surface area contributed by atoms with Crippen molar-refractivity contribution in [1.82, 2.24) is 55.6 Å². The molecule has 1 heterocycles. The van der Waals surface area contributed by atoms with Crippen LogP contribution in [0, 0.1) is 48.4 Å². The Labute approximate surface area is 560 Å². The smallest absolute Gasteiger partial charge is 0.245 e. The van der Waals surface area contributed by atoms with Gasteiger partial charge in [0.1, 0.15) is 42.3 Å². The average Bonchev–Trinajstić information content (AvgIpc) is 1.23. The molecular weight excluding hydrogens is 1180 g/mol. The summed E-state index contributed by atoms with van der Waals surface area (Å²) in [5, 5.41) is 10.6. The van der Waals surface area contributed by atoms with Gasteiger partial charge in [-0.1, -0.05) is 135 Å². The summed E-state index contributed by atoms with van der Waals surface area (Å²) >= 11 is 0. The quantitative estimate of drug-likeness (QED) is 0.110. The standard InChI is InChI=1S/C59H98N12O11.C4H10.C3H8.C2H6.C2H2/c1-34(2)26-44-55(78)64-52(37(7)8)59(82)66(14)31-48(72)62-40(11)53(76)63-41(12)56(79)70(18)47(28-36(5)6)58(81)71(19)46(27-35(3)4)57(80)67(15)33-51(75)69(17)45(54(77)61-30-49(73)65(13)32-50(74)68(44)16)29-38(9)20-21-39(10)42-22-24-43(60)25-23-42;1-4(2)3;1-3-2;2*1-2/h21-25,34-38,40-41,44-47,52H,20,26-33,60H2,1-19H3,(H,61,77)(H,62,72)(H,63,76)(H,64,78);4H,1-3H3;3H2,1-2H3;1-2H3;1-2H/b39-21-;;;;/t38-,40+,41+,44+,45?,46+,47+,52?;;;;/m0..../s1. The lowest BCUT2D eigenvalue weighted by atomic mass is 9.94. The van der Waals surface area contributed by atoms with Gasteiger partial charge >= 0.3 is 0 Å². The summed E-state index contributed by atoms with van der Waals surface area (Å²) in [6.45, 7) is 34.0. The fraction of sp³-hybridized carbons (Fsp3) is 0.700. The molecule has 93 heavy (non-hydrogen) atoms. The third kappa shape index (κ3) is 32.8. The van der Waals surface area contributed by atoms with Crippen molar-refractivity contribution >= 4 is 76.2 Å². The zero-order valence-electron chi connectivity index (χ0n) is 61.8. The lowest BCUT2D eigenvalue weighted by molar-refractivity contribution is -0.152. The van der Waals surface area contributed by atoms with Crippen LogP contribution in [0.25, 0.3) is 5.57 Å². The van der Waals surface area contributed by atoms with Gasteiger partial charge in [-0.25, -0.2) is 0 Å². The van der Waals surface area contributed by atoms with E-state index in [0.717, 1.165) is 26.9 Å². The molecule has 0 aliphatic carbocycles. The number of hydrogen-bond donors (Lipinski definition) is 5. The second-order valence-corrected chi connectivity index (χ2v) is 26.5. The number of likely N-dealkylation sites (N-methyl/N-ethyl adjacent to an activating group) is 7. The highest BCUT2D eigenvalue weighted by Gasteiger charge is 2.40. The number of nitrogens with one attached hydrogen (secondary N) is 4. The fourth-order valence-electron chi connectivity index (χ4n) is 9.50. The topological polar surface area (TPSA) is 285 Å². The van der Waals surface area contributed by atoms with Crippen LogP contribution in [0.4, 0.5) is 5.69 Å². The van der Waals surface area contributed by atoms with E-state index in [1.807, 2.05) is 87.4 Å². The van der Waals surface area contributed by atoms with E-state index < -0.39 is 139 Å². The molecule has 8 atom stereocenters. The number of nitrogen functional groups attached to an aromatic ring is 1. The zero-order valence-corrected chi connectivity index (χ0v) is 61.8. The second-order valence-electron chi connectivity index (χ2n) is 26.5. The van der Waals surface area contributed by atoms with E-state index >= 15 is 0 Å². The number of benzene rings is 1. The van der Waals surface area contributed by atoms with Crippen molar-refractivity contribution in [2.45, 2.75) is 212 Å². The van der Waals surface area contributed by atoms with E-state index in [1.165, 1.54) is 94.1 Å². The van der Waals surface area contributed by atoms with Crippen LogP contribution in [0.3, 0.4) is 0 Å². The van der Waals surface area contributed by atoms with Crippen LogP contribution in [-0.4, -0.2) is 217 Å². The lowest BCUT2D eigenvalue weighted by Gasteiger charge is -2.38. The second kappa shape index (κ2) is 45.7. The molecule has 1 saturated heterocycles. The van der Waals surface area contributed by atoms with E-state index in [4.69, 9.17) is 5.73 Å². The van der Waals surface area contributed by atoms with E-state index in [0.29, 0.717) is 12.1 Å². The Morgan fingerprint density at radius 1 is 0.516 bits per heavy atom. The fourth-order valence-corrected chi connectivity index (χ4v) is 9.50. The third-order valence-electron chi connectivity index (χ3n) is 14.9. The predicted molar refractivity (Wildman–Crippen MR) is 373 cm³/mol. The molecule has 0 radical (unpaired) electrons. The molecule has 1 aromatic rings. The molecule has 1 fully saturated rings. The minimum atomic E-state index is -1.19. The van der Waals surface area contributed by atoms with Crippen molar-refractivity contribution in [3.05, 3.63) is 35.9 Å². The third-order valence-corrected chi connectivity index (χ3v) is 14.9. The molecule has 1 aromatic carbocycles. The van der Waals surface area contributed by atoms with Gasteiger partial charge in [-0.2, -0.15) is 0 Å². The number of nitrogens with two attached hydrogens (primary N) is 1. The first-order valence-electron chi connectivity index (χ1n) is 33.0. The van der Waals surface area contributed by atoms with Crippen LogP contribution in [0.2, 0.25) is 0 Å². The van der Waals surface area contributed by atoms with Gasteiger partial charge in [-0.05, 0) is 112 Å². The molecule has 0 saturated carbocycles. The molecular formula is C70H124N12O11. The SMILES string of the molecule is C#C.C/C(=C/C[C@H](C)CC1C(=O)NCC(=O)N(C)CC(=O)N(C)[C@H](CC(C)C)C(=O)NC(C(C)C)C(=O)N(C)CC(=O)N[C@H](C)C(=O)N[C@H](C)C(=O)N(C)[C@H](CC(C)C)C(=O)N(C)[C@H](CC(C)C)C(=O)N(C)CC(=O)N1C)c1ccc(N)cc1.CC.CC(C)C.CCC. The van der Waals surface area contributed by atoms with Crippen molar-refractivity contribution in [3.63, 3.8) is 0 Å². The Balaban J connectivity index is -0.00000686. The van der Waals surface area contributed by atoms with Crippen LogP contribution in [-0.2, 0) is 52.7 Å². The van der Waals surface area contributed by atoms with Gasteiger partial charge < -0.3 is 61.3 Å². The van der Waals surface area contributed by atoms with Crippen molar-refractivity contribution in [2.75, 3.05) is 81.2 Å². The van der Waals surface area contributed by atoms with E-state index in [1.54, 1.807) is 26.0 Å². The van der Waals surface area contributed by atoms with Gasteiger partial charge in [-0.15, -0.1) is 12.8 Å². The van der Waals surface area contributed by atoms with Crippen molar-refractivity contribution < 1.29 is 52.7 Å². The minimum absolute atomic E-state index is 0.109. The highest BCUT2D eigenvalue weighted by molar-refractivity contribution is 5.98. The molecule has 0 bridgehead atoms. The summed E-state index contributed by atoms with van der Waals surface area (Å²) in [6, 6.07) is -0.563. The first-order valence-corrected chi connectivity index (χ1v) is 33.0. The van der Waals surface area contributed by atoms with Crippen LogP contribution >= 0.6 is 0 Å². The Kier molecular flexibility index (Phi) is 44.1. The highest BCUT2D eigenvalue weighted by Crippen LogP contribution is 2.24. The Morgan fingerprint density at radius 2 is 0.925 bits per heavy atom. The first-order chi connectivity index (χ1) is 43.1. The summed E-state index contributed by atoms with van der Waals surface area (Å²) in [7, 11) is 9.92. The molecule has 530 valence electrons. The van der Waals surface area contributed by atoms with Crippen LogP contribution in [0.15, 0.2) is 30.3 Å². The highest BCUT2D eigenvalue weighted by atomic mass is 16.2. The number of carbonyl (C=O) groups excluding carboxylic acids is 11. The van der Waals surface area contributed by atoms with Gasteiger partial charge in [-0.3, -0.25) is 52.7 Å². The summed E-state index contributed by atoms with van der Waals surface area (Å²) in [6.07, 6.45) is 12.5. The number of nitrogens with zero attached hydrogens (tertiary/aromatic N) is 7. The van der Waals surface area contributed by atoms with Gasteiger partial charge in [0, 0.05) is 55.0 Å². The number of rotatable bonds is 12. The number of terminal acetylenes is 1. The number of hydrogen-bond acceptors (Lipinski definition) is 12. The Hall–Kier alpha value is -7.51. The maximum Gasteiger partial charge on any atom is 0.245 e. The summed E-state index contributed by atoms with van der Waals surface area (Å²) in [5.41, 5.74) is 8.45. The zero-order chi connectivity index (χ0) is 73.1. The molecule has 23 nitrogen and oxygen atoms in total. The monoisotopic (exact) mass is 1310 g/mol. The van der Waals surface area contributed by atoms with Gasteiger partial charge in [0.2, 0.25) is 65.0 Å². The largest absolute Gasteiger partial charge is 0.399 e. The molecule has 23 heteroatoms. The van der Waals surface area contributed by atoms with Crippen LogP contribution in [0.1, 0.15) is 176 Å². The molecule has 0 spiro atoms. The Bertz CT molecular complexity index is 2570.